The fraction of sp³-hybridized carbons (Fsp3) is 0.250. The molecule has 1 heterocycles. The second kappa shape index (κ2) is 4.63. The average molecular weight is 270 g/mol. The van der Waals surface area contributed by atoms with E-state index in [1.165, 1.54) is 0 Å². The fourth-order valence-electron chi connectivity index (χ4n) is 1.14. The van der Waals surface area contributed by atoms with E-state index in [9.17, 15) is 36.9 Å². The zero-order valence-electron chi connectivity index (χ0n) is 8.24. The molecule has 0 atom stereocenters. The summed E-state index contributed by atoms with van der Waals surface area (Å²) in [6.07, 6.45) is -8.99. The molecular weight excluding hydrogens is 267 g/mol. The monoisotopic (exact) mass is 270 g/mol. The van der Waals surface area contributed by atoms with Crippen LogP contribution in [-0.4, -0.2) is 16.2 Å². The maximum absolute atomic E-state index is 12.4. The van der Waals surface area contributed by atoms with Crippen molar-refractivity contribution in [1.82, 2.24) is 4.98 Å². The molecule has 0 spiro atoms. The lowest BCUT2D eigenvalue weighted by atomic mass is 10.1. The van der Waals surface area contributed by atoms with Gasteiger partial charge in [-0.1, -0.05) is 0 Å². The minimum absolute atomic E-state index is 0.0599. The van der Waals surface area contributed by atoms with Gasteiger partial charge in [0.2, 0.25) is 0 Å². The lowest BCUT2D eigenvalue weighted by Crippen LogP contribution is -2.13. The molecule has 0 aliphatic rings. The van der Waals surface area contributed by atoms with Crippen LogP contribution in [0.25, 0.3) is 0 Å². The number of nitro groups is 1. The molecule has 10 heteroatoms. The van der Waals surface area contributed by atoms with Crippen LogP contribution in [0.1, 0.15) is 28.2 Å². The van der Waals surface area contributed by atoms with Gasteiger partial charge in [-0.05, 0) is 0 Å². The Labute approximate surface area is 95.4 Å². The number of aldehydes is 1. The summed E-state index contributed by atoms with van der Waals surface area (Å²) in [5.41, 5.74) is -5.94. The van der Waals surface area contributed by atoms with Crippen LogP contribution in [-0.2, 0) is 6.18 Å². The van der Waals surface area contributed by atoms with E-state index in [1.807, 2.05) is 0 Å². The van der Waals surface area contributed by atoms with Gasteiger partial charge in [0.25, 0.3) is 12.1 Å². The van der Waals surface area contributed by atoms with Crippen LogP contribution in [0.2, 0.25) is 0 Å². The first-order valence-electron chi connectivity index (χ1n) is 4.18. The molecule has 1 aromatic rings. The van der Waals surface area contributed by atoms with Crippen molar-refractivity contribution in [3.8, 4) is 0 Å². The molecule has 0 fully saturated rings. The molecule has 98 valence electrons. The van der Waals surface area contributed by atoms with Crippen molar-refractivity contribution in [1.29, 1.82) is 0 Å². The fourth-order valence-corrected chi connectivity index (χ4v) is 1.14. The predicted octanol–water partition coefficient (Wildman–Crippen LogP) is 2.76. The summed E-state index contributed by atoms with van der Waals surface area (Å²) in [5.74, 6) is 0. The minimum Gasteiger partial charge on any atom is -0.298 e. The molecule has 0 bridgehead atoms. The number of carbonyl (C=O) groups excluding carboxylic acids is 1. The molecule has 5 nitrogen and oxygen atoms in total. The number of hydrogen-bond acceptors (Lipinski definition) is 4. The quantitative estimate of drug-likeness (QED) is 0.366. The molecule has 1 aromatic heterocycles. The number of nitrogens with zero attached hydrogens (tertiary/aromatic N) is 2. The van der Waals surface area contributed by atoms with Crippen LogP contribution in [0.4, 0.5) is 27.6 Å². The first-order chi connectivity index (χ1) is 8.18. The summed E-state index contributed by atoms with van der Waals surface area (Å²) < 4.78 is 61.7. The number of pyridine rings is 1. The van der Waals surface area contributed by atoms with E-state index in [1.54, 1.807) is 0 Å². The summed E-state index contributed by atoms with van der Waals surface area (Å²) in [6.45, 7) is 0. The van der Waals surface area contributed by atoms with Crippen LogP contribution in [0.15, 0.2) is 6.07 Å². The highest BCUT2D eigenvalue weighted by atomic mass is 19.4. The first kappa shape index (κ1) is 13.9. The topological polar surface area (TPSA) is 73.1 Å². The van der Waals surface area contributed by atoms with Gasteiger partial charge < -0.3 is 0 Å². The van der Waals surface area contributed by atoms with Crippen molar-refractivity contribution in [3.63, 3.8) is 0 Å². The van der Waals surface area contributed by atoms with Crippen LogP contribution >= 0.6 is 0 Å². The first-order valence-corrected chi connectivity index (χ1v) is 4.18. The Balaban J connectivity index is 3.64. The van der Waals surface area contributed by atoms with Crippen LogP contribution in [0, 0.1) is 10.1 Å². The van der Waals surface area contributed by atoms with Crippen LogP contribution < -0.4 is 0 Å². The van der Waals surface area contributed by atoms with E-state index < -0.39 is 40.2 Å². The Hall–Kier alpha value is -2.13. The molecule has 18 heavy (non-hydrogen) atoms. The maximum atomic E-state index is 12.4. The lowest BCUT2D eigenvalue weighted by molar-refractivity contribution is -0.385. The van der Waals surface area contributed by atoms with E-state index in [0.717, 1.165) is 0 Å². The van der Waals surface area contributed by atoms with Crippen molar-refractivity contribution < 1.29 is 31.7 Å². The van der Waals surface area contributed by atoms with Crippen molar-refractivity contribution in [3.05, 3.63) is 33.1 Å². The zero-order chi connectivity index (χ0) is 14.1. The van der Waals surface area contributed by atoms with Crippen LogP contribution in [0.5, 0.6) is 0 Å². The minimum atomic E-state index is -5.13. The highest BCUT2D eigenvalue weighted by Crippen LogP contribution is 2.34. The molecule has 0 N–H and O–H groups in total. The predicted molar refractivity (Wildman–Crippen MR) is 46.2 cm³/mol. The summed E-state index contributed by atoms with van der Waals surface area (Å²) >= 11 is 0. The standard InChI is InChI=1S/C8H3F5N2O3/c9-7(10)6-3(2-16)4(15(17)18)1-5(14-6)8(11,12)13/h1-2,7H. The van der Waals surface area contributed by atoms with Gasteiger partial charge >= 0.3 is 6.18 Å². The maximum Gasteiger partial charge on any atom is 0.433 e. The zero-order valence-corrected chi connectivity index (χ0v) is 8.24. The molecule has 0 radical (unpaired) electrons. The van der Waals surface area contributed by atoms with Crippen molar-refractivity contribution in [2.45, 2.75) is 12.6 Å². The molecule has 0 unspecified atom stereocenters. The highest BCUT2D eigenvalue weighted by molar-refractivity contribution is 5.83. The third-order valence-electron chi connectivity index (χ3n) is 1.88. The molecule has 0 aromatic carbocycles. The number of aromatic nitrogens is 1. The third kappa shape index (κ3) is 2.57. The van der Waals surface area contributed by atoms with Gasteiger partial charge in [-0.25, -0.2) is 13.8 Å². The van der Waals surface area contributed by atoms with Crippen LogP contribution in [0.3, 0.4) is 0 Å². The van der Waals surface area contributed by atoms with Crippen molar-refractivity contribution >= 4 is 12.0 Å². The Morgan fingerprint density at radius 3 is 2.28 bits per heavy atom. The van der Waals surface area contributed by atoms with Gasteiger partial charge in [-0.3, -0.25) is 14.9 Å². The Morgan fingerprint density at radius 1 is 1.39 bits per heavy atom. The summed E-state index contributed by atoms with van der Waals surface area (Å²) in [7, 11) is 0. The second-order valence-electron chi connectivity index (χ2n) is 3.00. The van der Waals surface area contributed by atoms with E-state index >= 15 is 0 Å². The largest absolute Gasteiger partial charge is 0.433 e. The number of hydrogen-bond donors (Lipinski definition) is 0. The highest BCUT2D eigenvalue weighted by Gasteiger charge is 2.37. The SMILES string of the molecule is O=Cc1c([N+](=O)[O-])cc(C(F)(F)F)nc1C(F)F. The van der Waals surface area contributed by atoms with Gasteiger partial charge in [0.05, 0.1) is 4.92 Å². The Morgan fingerprint density at radius 2 is 1.94 bits per heavy atom. The number of carbonyl (C=O) groups is 1. The number of alkyl halides is 5. The van der Waals surface area contributed by atoms with E-state index in [4.69, 9.17) is 0 Å². The lowest BCUT2D eigenvalue weighted by Gasteiger charge is -2.09. The molecule has 1 rings (SSSR count). The van der Waals surface area contributed by atoms with E-state index in [0.29, 0.717) is 0 Å². The summed E-state index contributed by atoms with van der Waals surface area (Å²) in [5, 5.41) is 10.4. The van der Waals surface area contributed by atoms with Gasteiger partial charge in [0, 0.05) is 6.07 Å². The van der Waals surface area contributed by atoms with E-state index in [2.05, 4.69) is 4.98 Å². The molecular formula is C8H3F5N2O3. The van der Waals surface area contributed by atoms with Crippen molar-refractivity contribution in [2.75, 3.05) is 0 Å². The Bertz CT molecular complexity index is 500. The smallest absolute Gasteiger partial charge is 0.298 e. The molecule has 0 saturated carbocycles. The van der Waals surface area contributed by atoms with E-state index in [-0.39, 0.29) is 12.4 Å². The molecule has 0 saturated heterocycles. The summed E-state index contributed by atoms with van der Waals surface area (Å²) in [4.78, 5) is 22.1. The average Bonchev–Trinajstić information content (AvgIpc) is 2.25. The van der Waals surface area contributed by atoms with Gasteiger partial charge in [-0.2, -0.15) is 13.2 Å². The van der Waals surface area contributed by atoms with Gasteiger partial charge in [0.1, 0.15) is 11.3 Å². The van der Waals surface area contributed by atoms with Crippen molar-refractivity contribution in [2.24, 2.45) is 0 Å². The number of rotatable bonds is 3. The molecule has 0 aliphatic carbocycles. The Kier molecular flexibility index (Phi) is 3.58. The third-order valence-corrected chi connectivity index (χ3v) is 1.88. The molecule has 0 amide bonds. The second-order valence-corrected chi connectivity index (χ2v) is 3.00. The number of halogens is 5. The summed E-state index contributed by atoms with van der Waals surface area (Å²) in [6, 6.07) is -0.0599. The van der Waals surface area contributed by atoms with Gasteiger partial charge in [-0.15, -0.1) is 0 Å². The molecule has 0 aliphatic heterocycles. The van der Waals surface area contributed by atoms with Gasteiger partial charge in [0.15, 0.2) is 12.0 Å². The normalized spacial score (nSPS) is 11.7.